The van der Waals surface area contributed by atoms with E-state index in [1.54, 1.807) is 29.6 Å². The molecule has 1 amide bonds. The van der Waals surface area contributed by atoms with E-state index in [0.717, 1.165) is 5.82 Å². The molecule has 0 spiro atoms. The van der Waals surface area contributed by atoms with Gasteiger partial charge in [-0.05, 0) is 24.3 Å². The predicted molar refractivity (Wildman–Crippen MR) is 86.3 cm³/mol. The van der Waals surface area contributed by atoms with E-state index in [1.807, 2.05) is 0 Å². The normalized spacial score (nSPS) is 15.0. The molecule has 0 atom stereocenters. The first-order chi connectivity index (χ1) is 11.7. The topological polar surface area (TPSA) is 62.5 Å². The molecular weight excluding hydrogens is 311 g/mol. The van der Waals surface area contributed by atoms with Crippen molar-refractivity contribution in [2.75, 3.05) is 31.1 Å². The largest absolute Gasteiger partial charge is 0.451 e. The minimum Gasteiger partial charge on any atom is -0.451 e. The van der Waals surface area contributed by atoms with Crippen LogP contribution in [0.5, 0.6) is 0 Å². The molecule has 1 saturated heterocycles. The van der Waals surface area contributed by atoms with E-state index < -0.39 is 0 Å². The third-order valence-electron chi connectivity index (χ3n) is 4.13. The predicted octanol–water partition coefficient (Wildman–Crippen LogP) is 2.32. The number of carbonyl (C=O) groups excluding carboxylic acids is 1. The van der Waals surface area contributed by atoms with Gasteiger partial charge in [-0.3, -0.25) is 9.78 Å². The molecular formula is C17H15FN4O2. The van der Waals surface area contributed by atoms with Crippen LogP contribution in [0.4, 0.5) is 10.2 Å². The third-order valence-corrected chi connectivity index (χ3v) is 4.13. The van der Waals surface area contributed by atoms with Crippen molar-refractivity contribution in [2.24, 2.45) is 0 Å². The number of fused-ring (bicyclic) bond motifs is 1. The lowest BCUT2D eigenvalue weighted by molar-refractivity contribution is 0.0717. The molecule has 1 aliphatic heterocycles. The molecule has 1 aromatic carbocycles. The number of halogens is 1. The van der Waals surface area contributed by atoms with Crippen molar-refractivity contribution >= 4 is 22.7 Å². The summed E-state index contributed by atoms with van der Waals surface area (Å²) in [6.07, 6.45) is 5.00. The van der Waals surface area contributed by atoms with Gasteiger partial charge in [0.05, 0.1) is 6.20 Å². The standard InChI is InChI=1S/C17H15FN4O2/c18-13-1-2-14-12(9-13)10-15(24-14)17(23)22-7-5-21(6-8-22)16-11-19-3-4-20-16/h1-4,9-11H,5-8H2. The third kappa shape index (κ3) is 2.68. The van der Waals surface area contributed by atoms with Crippen LogP contribution in [-0.4, -0.2) is 47.0 Å². The van der Waals surface area contributed by atoms with Gasteiger partial charge in [-0.1, -0.05) is 0 Å². The van der Waals surface area contributed by atoms with Crippen LogP contribution in [-0.2, 0) is 0 Å². The maximum absolute atomic E-state index is 13.3. The molecule has 6 nitrogen and oxygen atoms in total. The first-order valence-electron chi connectivity index (χ1n) is 7.70. The van der Waals surface area contributed by atoms with Gasteiger partial charge >= 0.3 is 0 Å². The van der Waals surface area contributed by atoms with Crippen LogP contribution in [0.25, 0.3) is 11.0 Å². The lowest BCUT2D eigenvalue weighted by atomic mass is 10.2. The summed E-state index contributed by atoms with van der Waals surface area (Å²) in [6, 6.07) is 5.81. The van der Waals surface area contributed by atoms with Crippen LogP contribution < -0.4 is 4.90 Å². The average Bonchev–Trinajstić information content (AvgIpc) is 3.05. The SMILES string of the molecule is O=C(c1cc2cc(F)ccc2o1)N1CCN(c2cnccn2)CC1. The zero-order chi connectivity index (χ0) is 16.5. The highest BCUT2D eigenvalue weighted by molar-refractivity contribution is 5.96. The van der Waals surface area contributed by atoms with Crippen LogP contribution in [0.3, 0.4) is 0 Å². The molecule has 0 N–H and O–H groups in total. The van der Waals surface area contributed by atoms with E-state index in [9.17, 15) is 9.18 Å². The summed E-state index contributed by atoms with van der Waals surface area (Å²) < 4.78 is 18.8. The summed E-state index contributed by atoms with van der Waals surface area (Å²) >= 11 is 0. The Kier molecular flexibility index (Phi) is 3.60. The zero-order valence-electron chi connectivity index (χ0n) is 12.9. The molecule has 0 radical (unpaired) electrons. The van der Waals surface area contributed by atoms with E-state index >= 15 is 0 Å². The van der Waals surface area contributed by atoms with Gasteiger partial charge in [0.25, 0.3) is 5.91 Å². The van der Waals surface area contributed by atoms with Gasteiger partial charge in [0.15, 0.2) is 5.76 Å². The minimum absolute atomic E-state index is 0.176. The molecule has 2 aromatic heterocycles. The van der Waals surface area contributed by atoms with Crippen molar-refractivity contribution in [1.82, 2.24) is 14.9 Å². The molecule has 1 aliphatic rings. The van der Waals surface area contributed by atoms with E-state index in [0.29, 0.717) is 37.1 Å². The Morgan fingerprint density at radius 3 is 2.71 bits per heavy atom. The van der Waals surface area contributed by atoms with Crippen LogP contribution in [0, 0.1) is 5.82 Å². The number of hydrogen-bond donors (Lipinski definition) is 0. The lowest BCUT2D eigenvalue weighted by Crippen LogP contribution is -2.49. The van der Waals surface area contributed by atoms with Crippen molar-refractivity contribution in [3.8, 4) is 0 Å². The van der Waals surface area contributed by atoms with Crippen molar-refractivity contribution in [3.05, 3.63) is 54.4 Å². The summed E-state index contributed by atoms with van der Waals surface area (Å²) in [6.45, 7) is 2.50. The number of hydrogen-bond acceptors (Lipinski definition) is 5. The van der Waals surface area contributed by atoms with Crippen LogP contribution in [0.15, 0.2) is 47.3 Å². The Hall–Kier alpha value is -2.96. The maximum atomic E-state index is 13.3. The summed E-state index contributed by atoms with van der Waals surface area (Å²) in [5.41, 5.74) is 0.512. The van der Waals surface area contributed by atoms with Crippen LogP contribution in [0.1, 0.15) is 10.6 Å². The van der Waals surface area contributed by atoms with Gasteiger partial charge in [0.1, 0.15) is 17.2 Å². The number of aromatic nitrogens is 2. The molecule has 122 valence electrons. The smallest absolute Gasteiger partial charge is 0.289 e. The Morgan fingerprint density at radius 1 is 1.12 bits per heavy atom. The quantitative estimate of drug-likeness (QED) is 0.723. The van der Waals surface area contributed by atoms with Crippen LogP contribution in [0.2, 0.25) is 0 Å². The highest BCUT2D eigenvalue weighted by Crippen LogP contribution is 2.22. The second-order valence-electron chi connectivity index (χ2n) is 5.64. The first kappa shape index (κ1) is 14.6. The molecule has 3 heterocycles. The van der Waals surface area contributed by atoms with Gasteiger partial charge in [0.2, 0.25) is 0 Å². The van der Waals surface area contributed by atoms with Gasteiger partial charge in [-0.2, -0.15) is 0 Å². The molecule has 4 rings (SSSR count). The van der Waals surface area contributed by atoms with E-state index in [-0.39, 0.29) is 17.5 Å². The molecule has 0 saturated carbocycles. The average molecular weight is 326 g/mol. The summed E-state index contributed by atoms with van der Waals surface area (Å²) in [7, 11) is 0. The second-order valence-corrected chi connectivity index (χ2v) is 5.64. The highest BCUT2D eigenvalue weighted by atomic mass is 19.1. The Morgan fingerprint density at radius 2 is 1.96 bits per heavy atom. The van der Waals surface area contributed by atoms with Gasteiger partial charge in [-0.15, -0.1) is 0 Å². The van der Waals surface area contributed by atoms with E-state index in [1.165, 1.54) is 18.2 Å². The van der Waals surface area contributed by atoms with Crippen molar-refractivity contribution in [3.63, 3.8) is 0 Å². The number of rotatable bonds is 2. The Balaban J connectivity index is 1.47. The van der Waals surface area contributed by atoms with Crippen molar-refractivity contribution in [2.45, 2.75) is 0 Å². The first-order valence-corrected chi connectivity index (χ1v) is 7.70. The summed E-state index contributed by atoms with van der Waals surface area (Å²) in [5.74, 6) is 0.526. The second kappa shape index (κ2) is 5.92. The molecule has 3 aromatic rings. The number of amides is 1. The number of piperazine rings is 1. The number of anilines is 1. The Bertz CT molecular complexity index is 873. The highest BCUT2D eigenvalue weighted by Gasteiger charge is 2.25. The fourth-order valence-electron chi connectivity index (χ4n) is 2.87. The number of benzene rings is 1. The van der Waals surface area contributed by atoms with Crippen molar-refractivity contribution < 1.29 is 13.6 Å². The molecule has 24 heavy (non-hydrogen) atoms. The molecule has 0 unspecified atom stereocenters. The zero-order valence-corrected chi connectivity index (χ0v) is 12.9. The Labute approximate surface area is 137 Å². The molecule has 7 heteroatoms. The molecule has 0 bridgehead atoms. The van der Waals surface area contributed by atoms with E-state index in [2.05, 4.69) is 14.9 Å². The van der Waals surface area contributed by atoms with Crippen LogP contribution >= 0.6 is 0 Å². The summed E-state index contributed by atoms with van der Waals surface area (Å²) in [4.78, 5) is 24.8. The van der Waals surface area contributed by atoms with E-state index in [4.69, 9.17) is 4.42 Å². The number of furan rings is 1. The monoisotopic (exact) mass is 326 g/mol. The fourth-order valence-corrected chi connectivity index (χ4v) is 2.87. The van der Waals surface area contributed by atoms with Gasteiger partial charge < -0.3 is 14.2 Å². The number of carbonyl (C=O) groups is 1. The minimum atomic E-state index is -0.347. The fraction of sp³-hybridized carbons (Fsp3) is 0.235. The lowest BCUT2D eigenvalue weighted by Gasteiger charge is -2.34. The van der Waals surface area contributed by atoms with Gasteiger partial charge in [0, 0.05) is 44.0 Å². The van der Waals surface area contributed by atoms with Crippen molar-refractivity contribution in [1.29, 1.82) is 0 Å². The molecule has 1 fully saturated rings. The number of nitrogens with zero attached hydrogens (tertiary/aromatic N) is 4. The maximum Gasteiger partial charge on any atom is 0.289 e. The van der Waals surface area contributed by atoms with Gasteiger partial charge in [-0.25, -0.2) is 9.37 Å². The summed E-state index contributed by atoms with van der Waals surface area (Å²) in [5, 5.41) is 0.594. The molecule has 0 aliphatic carbocycles.